The minimum Gasteiger partial charge on any atom is -0.378 e. The molecule has 28 heavy (non-hydrogen) atoms. The van der Waals surface area contributed by atoms with E-state index < -0.39 is 0 Å². The van der Waals surface area contributed by atoms with Gasteiger partial charge in [-0.25, -0.2) is 19.5 Å². The van der Waals surface area contributed by atoms with Gasteiger partial charge in [0.25, 0.3) is 0 Å². The second-order valence-electron chi connectivity index (χ2n) is 6.64. The Kier molecular flexibility index (Phi) is 4.17. The quantitative estimate of drug-likeness (QED) is 0.545. The van der Waals surface area contributed by atoms with Crippen molar-refractivity contribution in [2.24, 2.45) is 0 Å². The average molecular weight is 373 g/mol. The Hall–Kier alpha value is -3.39. The van der Waals surface area contributed by atoms with Crippen LogP contribution in [-0.2, 0) is 4.74 Å². The van der Waals surface area contributed by atoms with E-state index in [1.165, 1.54) is 0 Å². The van der Waals surface area contributed by atoms with Crippen LogP contribution in [0.5, 0.6) is 0 Å². The molecule has 0 amide bonds. The molecule has 0 aliphatic carbocycles. The highest BCUT2D eigenvalue weighted by Crippen LogP contribution is 2.33. The van der Waals surface area contributed by atoms with Crippen LogP contribution < -0.4 is 4.90 Å². The molecule has 5 rings (SSSR count). The van der Waals surface area contributed by atoms with E-state index in [1.54, 1.807) is 23.2 Å². The molecule has 0 aromatic carbocycles. The molecule has 0 bridgehead atoms. The predicted molar refractivity (Wildman–Crippen MR) is 105 cm³/mol. The Labute approximate surface area is 161 Å². The van der Waals surface area contributed by atoms with Crippen molar-refractivity contribution in [3.63, 3.8) is 0 Å². The summed E-state index contributed by atoms with van der Waals surface area (Å²) >= 11 is 0. The Morgan fingerprint density at radius 2 is 1.86 bits per heavy atom. The fourth-order valence-electron chi connectivity index (χ4n) is 3.42. The molecule has 8 heteroatoms. The topological polar surface area (TPSA) is 81.3 Å². The molecule has 0 radical (unpaired) electrons. The molecule has 0 atom stereocenters. The van der Waals surface area contributed by atoms with Crippen molar-refractivity contribution in [2.45, 2.75) is 6.92 Å². The standard InChI is InChI=1S/C20H19N7O/c1-14-3-2-4-16(23-14)19-18(17-6-7-21-13-27(17)25-19)15-5-8-22-20(24-15)26-9-11-28-12-10-26/h2-8,13H,9-12H2,1H3. The third-order valence-corrected chi connectivity index (χ3v) is 4.77. The maximum Gasteiger partial charge on any atom is 0.226 e. The summed E-state index contributed by atoms with van der Waals surface area (Å²) in [7, 11) is 0. The van der Waals surface area contributed by atoms with Gasteiger partial charge in [-0.2, -0.15) is 5.10 Å². The van der Waals surface area contributed by atoms with Crippen LogP contribution in [0.3, 0.4) is 0 Å². The number of hydrogen-bond acceptors (Lipinski definition) is 7. The van der Waals surface area contributed by atoms with E-state index in [9.17, 15) is 0 Å². The number of anilines is 1. The summed E-state index contributed by atoms with van der Waals surface area (Å²) in [4.78, 5) is 20.3. The second-order valence-corrected chi connectivity index (χ2v) is 6.64. The molecule has 1 fully saturated rings. The smallest absolute Gasteiger partial charge is 0.226 e. The number of fused-ring (bicyclic) bond motifs is 1. The van der Waals surface area contributed by atoms with Crippen LogP contribution in [-0.4, -0.2) is 55.9 Å². The van der Waals surface area contributed by atoms with Crippen LogP contribution in [0.4, 0.5) is 5.95 Å². The number of pyridine rings is 1. The lowest BCUT2D eigenvalue weighted by Crippen LogP contribution is -2.37. The molecule has 4 aromatic rings. The van der Waals surface area contributed by atoms with Crippen molar-refractivity contribution < 1.29 is 4.74 Å². The molecule has 140 valence electrons. The molecular formula is C20H19N7O. The first-order valence-electron chi connectivity index (χ1n) is 9.22. The van der Waals surface area contributed by atoms with Gasteiger partial charge in [0.15, 0.2) is 0 Å². The third-order valence-electron chi connectivity index (χ3n) is 4.77. The van der Waals surface area contributed by atoms with Gasteiger partial charge in [-0.3, -0.25) is 4.98 Å². The molecule has 0 saturated carbocycles. The SMILES string of the molecule is Cc1cccc(-c2nn3cnccc3c2-c2ccnc(N3CCOCC3)n2)n1. The van der Waals surface area contributed by atoms with Crippen LogP contribution in [0.25, 0.3) is 28.2 Å². The van der Waals surface area contributed by atoms with Crippen molar-refractivity contribution >= 4 is 11.5 Å². The minimum absolute atomic E-state index is 0.689. The average Bonchev–Trinajstić information content (AvgIpc) is 3.14. The van der Waals surface area contributed by atoms with Gasteiger partial charge in [0.1, 0.15) is 12.0 Å². The first-order chi connectivity index (χ1) is 13.8. The Morgan fingerprint density at radius 3 is 2.71 bits per heavy atom. The largest absolute Gasteiger partial charge is 0.378 e. The first-order valence-corrected chi connectivity index (χ1v) is 9.22. The van der Waals surface area contributed by atoms with E-state index >= 15 is 0 Å². The molecule has 1 aliphatic rings. The maximum atomic E-state index is 5.44. The normalized spacial score (nSPS) is 14.5. The molecule has 4 aromatic heterocycles. The Bertz CT molecular complexity index is 1130. The fraction of sp³-hybridized carbons (Fsp3) is 0.250. The number of hydrogen-bond donors (Lipinski definition) is 0. The van der Waals surface area contributed by atoms with Gasteiger partial charge in [0, 0.05) is 31.2 Å². The minimum atomic E-state index is 0.689. The molecule has 0 N–H and O–H groups in total. The fourth-order valence-corrected chi connectivity index (χ4v) is 3.42. The summed E-state index contributed by atoms with van der Waals surface area (Å²) in [5, 5.41) is 4.74. The van der Waals surface area contributed by atoms with Gasteiger partial charge in [-0.1, -0.05) is 6.07 Å². The number of nitrogens with zero attached hydrogens (tertiary/aromatic N) is 7. The number of rotatable bonds is 3. The monoisotopic (exact) mass is 373 g/mol. The predicted octanol–water partition coefficient (Wildman–Crippen LogP) is 2.39. The van der Waals surface area contributed by atoms with E-state index in [0.29, 0.717) is 19.2 Å². The van der Waals surface area contributed by atoms with Crippen molar-refractivity contribution in [1.82, 2.24) is 29.5 Å². The van der Waals surface area contributed by atoms with E-state index in [4.69, 9.17) is 14.8 Å². The lowest BCUT2D eigenvalue weighted by Gasteiger charge is -2.26. The van der Waals surface area contributed by atoms with E-state index in [0.717, 1.165) is 46.9 Å². The highest BCUT2D eigenvalue weighted by atomic mass is 16.5. The number of aromatic nitrogens is 6. The van der Waals surface area contributed by atoms with Crippen LogP contribution in [0.15, 0.2) is 49.1 Å². The van der Waals surface area contributed by atoms with Gasteiger partial charge < -0.3 is 9.64 Å². The van der Waals surface area contributed by atoms with Crippen LogP contribution in [0.2, 0.25) is 0 Å². The summed E-state index contributed by atoms with van der Waals surface area (Å²) in [6, 6.07) is 9.79. The molecular weight excluding hydrogens is 354 g/mol. The first kappa shape index (κ1) is 16.8. The van der Waals surface area contributed by atoms with Gasteiger partial charge in [0.05, 0.1) is 35.7 Å². The van der Waals surface area contributed by atoms with Gasteiger partial charge in [-0.15, -0.1) is 0 Å². The van der Waals surface area contributed by atoms with E-state index in [-0.39, 0.29) is 0 Å². The Balaban J connectivity index is 1.69. The summed E-state index contributed by atoms with van der Waals surface area (Å²) in [6.45, 7) is 4.92. The zero-order valence-corrected chi connectivity index (χ0v) is 15.5. The molecule has 5 heterocycles. The van der Waals surface area contributed by atoms with Crippen molar-refractivity contribution in [1.29, 1.82) is 0 Å². The highest BCUT2D eigenvalue weighted by molar-refractivity contribution is 5.89. The lowest BCUT2D eigenvalue weighted by atomic mass is 10.1. The lowest BCUT2D eigenvalue weighted by molar-refractivity contribution is 0.122. The molecule has 1 saturated heterocycles. The number of ether oxygens (including phenoxy) is 1. The Morgan fingerprint density at radius 1 is 0.964 bits per heavy atom. The summed E-state index contributed by atoms with van der Waals surface area (Å²) in [5.74, 6) is 0.706. The number of morpholine rings is 1. The van der Waals surface area contributed by atoms with Crippen molar-refractivity contribution in [3.05, 3.63) is 54.7 Å². The van der Waals surface area contributed by atoms with Gasteiger partial charge in [0.2, 0.25) is 5.95 Å². The van der Waals surface area contributed by atoms with Crippen molar-refractivity contribution in [3.8, 4) is 22.6 Å². The molecule has 8 nitrogen and oxygen atoms in total. The number of aryl methyl sites for hydroxylation is 1. The molecule has 0 spiro atoms. The van der Waals surface area contributed by atoms with Crippen LogP contribution in [0, 0.1) is 6.92 Å². The third kappa shape index (κ3) is 2.97. The summed E-state index contributed by atoms with van der Waals surface area (Å²) in [6.07, 6.45) is 5.26. The summed E-state index contributed by atoms with van der Waals surface area (Å²) in [5.41, 5.74) is 5.21. The van der Waals surface area contributed by atoms with Gasteiger partial charge in [-0.05, 0) is 31.2 Å². The zero-order chi connectivity index (χ0) is 18.9. The molecule has 1 aliphatic heterocycles. The van der Waals surface area contributed by atoms with Crippen molar-refractivity contribution in [2.75, 3.05) is 31.2 Å². The van der Waals surface area contributed by atoms with E-state index in [1.807, 2.05) is 37.3 Å². The van der Waals surface area contributed by atoms with Crippen LogP contribution in [0.1, 0.15) is 5.69 Å². The summed E-state index contributed by atoms with van der Waals surface area (Å²) < 4.78 is 7.21. The van der Waals surface area contributed by atoms with Crippen LogP contribution >= 0.6 is 0 Å². The highest BCUT2D eigenvalue weighted by Gasteiger charge is 2.21. The second kappa shape index (κ2) is 6.97. The zero-order valence-electron chi connectivity index (χ0n) is 15.5. The molecule has 0 unspecified atom stereocenters. The van der Waals surface area contributed by atoms with E-state index in [2.05, 4.69) is 19.9 Å². The van der Waals surface area contributed by atoms with Gasteiger partial charge >= 0.3 is 0 Å². The maximum absolute atomic E-state index is 5.44.